The monoisotopic (exact) mass is 421 g/mol. The second-order valence-corrected chi connectivity index (χ2v) is 7.84. The summed E-state index contributed by atoms with van der Waals surface area (Å²) >= 11 is 0. The van der Waals surface area contributed by atoms with E-state index in [0.717, 1.165) is 28.1 Å². The molecule has 1 aliphatic heterocycles. The van der Waals surface area contributed by atoms with E-state index in [0.29, 0.717) is 30.9 Å². The third-order valence-electron chi connectivity index (χ3n) is 6.01. The predicted octanol–water partition coefficient (Wildman–Crippen LogP) is 4.11. The van der Waals surface area contributed by atoms with Crippen LogP contribution in [0.1, 0.15) is 49.1 Å². The van der Waals surface area contributed by atoms with Crippen LogP contribution >= 0.6 is 0 Å². The average molecular weight is 421 g/mol. The normalized spacial score (nSPS) is 20.7. The lowest BCUT2D eigenvalue weighted by Gasteiger charge is -2.34. The van der Waals surface area contributed by atoms with Gasteiger partial charge in [0.1, 0.15) is 5.75 Å². The van der Waals surface area contributed by atoms with Gasteiger partial charge in [0.05, 0.1) is 20.8 Å². The Hall–Kier alpha value is -3.28. The molecule has 2 aromatic rings. The zero-order valence-electron chi connectivity index (χ0n) is 18.1. The molecule has 1 aliphatic carbocycles. The molecule has 31 heavy (non-hydrogen) atoms. The van der Waals surface area contributed by atoms with Crippen molar-refractivity contribution >= 4 is 11.7 Å². The van der Waals surface area contributed by atoms with Gasteiger partial charge < -0.3 is 19.5 Å². The fourth-order valence-electron chi connectivity index (χ4n) is 4.55. The van der Waals surface area contributed by atoms with Gasteiger partial charge in [-0.2, -0.15) is 0 Å². The molecule has 6 nitrogen and oxygen atoms in total. The van der Waals surface area contributed by atoms with Crippen LogP contribution in [0.2, 0.25) is 0 Å². The number of hydrogen-bond acceptors (Lipinski definition) is 5. The van der Waals surface area contributed by atoms with E-state index in [2.05, 4.69) is 5.32 Å². The van der Waals surface area contributed by atoms with Crippen LogP contribution in [-0.2, 0) is 9.59 Å². The SMILES string of the molecule is CCOc1ccc([C@@H]2CC(=O)NC3=C2C(=O)C[C@H](c2ccc(OC)c(OC)c2)C3)cc1. The van der Waals surface area contributed by atoms with Gasteiger partial charge in [-0.05, 0) is 54.7 Å². The lowest BCUT2D eigenvalue weighted by molar-refractivity contribution is -0.122. The topological polar surface area (TPSA) is 73.9 Å². The van der Waals surface area contributed by atoms with Crippen molar-refractivity contribution < 1.29 is 23.8 Å². The number of ketones is 1. The molecule has 1 heterocycles. The maximum atomic E-state index is 13.3. The first-order valence-electron chi connectivity index (χ1n) is 10.5. The molecule has 1 amide bonds. The van der Waals surface area contributed by atoms with Crippen LogP contribution in [0.25, 0.3) is 0 Å². The van der Waals surface area contributed by atoms with Gasteiger partial charge in [0.15, 0.2) is 17.3 Å². The molecule has 2 aliphatic rings. The Morgan fingerprint density at radius 3 is 2.29 bits per heavy atom. The van der Waals surface area contributed by atoms with E-state index in [-0.39, 0.29) is 29.9 Å². The third kappa shape index (κ3) is 4.15. The lowest BCUT2D eigenvalue weighted by Crippen LogP contribution is -2.38. The molecule has 0 fully saturated rings. The summed E-state index contributed by atoms with van der Waals surface area (Å²) in [5, 5.41) is 2.97. The minimum absolute atomic E-state index is 0.0227. The second-order valence-electron chi connectivity index (χ2n) is 7.84. The number of nitrogens with one attached hydrogen (secondary N) is 1. The van der Waals surface area contributed by atoms with Gasteiger partial charge in [0.25, 0.3) is 0 Å². The molecule has 2 aromatic carbocycles. The van der Waals surface area contributed by atoms with Gasteiger partial charge in [0.2, 0.25) is 5.91 Å². The van der Waals surface area contributed by atoms with Crippen LogP contribution in [0.5, 0.6) is 17.2 Å². The maximum Gasteiger partial charge on any atom is 0.225 e. The molecule has 1 N–H and O–H groups in total. The van der Waals surface area contributed by atoms with Crippen molar-refractivity contribution in [3.63, 3.8) is 0 Å². The third-order valence-corrected chi connectivity index (χ3v) is 6.01. The van der Waals surface area contributed by atoms with Gasteiger partial charge in [-0.1, -0.05) is 18.2 Å². The summed E-state index contributed by atoms with van der Waals surface area (Å²) in [6.45, 7) is 2.53. The maximum absolute atomic E-state index is 13.3. The van der Waals surface area contributed by atoms with Crippen molar-refractivity contribution in [2.24, 2.45) is 0 Å². The Morgan fingerprint density at radius 2 is 1.61 bits per heavy atom. The number of benzene rings is 2. The van der Waals surface area contributed by atoms with Gasteiger partial charge in [-0.15, -0.1) is 0 Å². The average Bonchev–Trinajstić information content (AvgIpc) is 2.78. The number of carbonyl (C=O) groups is 2. The Morgan fingerprint density at radius 1 is 0.903 bits per heavy atom. The first-order chi connectivity index (χ1) is 15.0. The molecular formula is C25H27NO5. The molecule has 0 radical (unpaired) electrons. The number of methoxy groups -OCH3 is 2. The molecular weight excluding hydrogens is 394 g/mol. The van der Waals surface area contributed by atoms with E-state index < -0.39 is 0 Å². The van der Waals surface area contributed by atoms with Crippen LogP contribution < -0.4 is 19.5 Å². The Labute approximate surface area is 182 Å². The quantitative estimate of drug-likeness (QED) is 0.760. The van der Waals surface area contributed by atoms with Crippen LogP contribution in [0.4, 0.5) is 0 Å². The van der Waals surface area contributed by atoms with Crippen molar-refractivity contribution in [1.82, 2.24) is 5.32 Å². The largest absolute Gasteiger partial charge is 0.494 e. The van der Waals surface area contributed by atoms with Crippen LogP contribution in [0.15, 0.2) is 53.7 Å². The van der Waals surface area contributed by atoms with Gasteiger partial charge in [-0.25, -0.2) is 0 Å². The number of carbonyl (C=O) groups excluding carboxylic acids is 2. The summed E-state index contributed by atoms with van der Waals surface area (Å²) < 4.78 is 16.3. The predicted molar refractivity (Wildman–Crippen MR) is 117 cm³/mol. The highest BCUT2D eigenvalue weighted by molar-refractivity contribution is 6.02. The van der Waals surface area contributed by atoms with Gasteiger partial charge >= 0.3 is 0 Å². The van der Waals surface area contributed by atoms with E-state index in [1.165, 1.54) is 0 Å². The zero-order chi connectivity index (χ0) is 22.0. The fraction of sp³-hybridized carbons (Fsp3) is 0.360. The first kappa shape index (κ1) is 21.0. The minimum Gasteiger partial charge on any atom is -0.494 e. The molecule has 6 heteroatoms. The Balaban J connectivity index is 1.65. The number of hydrogen-bond donors (Lipinski definition) is 1. The Bertz CT molecular complexity index is 1020. The van der Waals surface area contributed by atoms with E-state index in [1.807, 2.05) is 49.4 Å². The fourth-order valence-corrected chi connectivity index (χ4v) is 4.55. The highest BCUT2D eigenvalue weighted by Gasteiger charge is 2.38. The van der Waals surface area contributed by atoms with Gasteiger partial charge in [0, 0.05) is 30.0 Å². The number of allylic oxidation sites excluding steroid dienone is 2. The first-order valence-corrected chi connectivity index (χ1v) is 10.5. The smallest absolute Gasteiger partial charge is 0.225 e. The summed E-state index contributed by atoms with van der Waals surface area (Å²) in [6.07, 6.45) is 1.28. The molecule has 0 saturated carbocycles. The molecule has 0 unspecified atom stereocenters. The molecule has 0 spiro atoms. The summed E-state index contributed by atoms with van der Waals surface area (Å²) in [4.78, 5) is 25.7. The van der Waals surface area contributed by atoms with Crippen molar-refractivity contribution in [3.05, 3.63) is 64.9 Å². The van der Waals surface area contributed by atoms with E-state index >= 15 is 0 Å². The lowest BCUT2D eigenvalue weighted by atomic mass is 9.73. The highest BCUT2D eigenvalue weighted by atomic mass is 16.5. The number of amides is 1. The molecule has 0 bridgehead atoms. The molecule has 0 saturated heterocycles. The van der Waals surface area contributed by atoms with E-state index in [4.69, 9.17) is 14.2 Å². The van der Waals surface area contributed by atoms with Crippen molar-refractivity contribution in [2.45, 2.75) is 38.0 Å². The zero-order valence-corrected chi connectivity index (χ0v) is 18.1. The Kier molecular flexibility index (Phi) is 5.98. The standard InChI is InChI=1S/C25H27NO5/c1-4-31-18-8-5-15(6-9-18)19-14-24(28)26-20-11-17(12-21(27)25(19)20)16-7-10-22(29-2)23(13-16)30-3/h5-10,13,17,19H,4,11-12,14H2,1-3H3,(H,26,28)/t17-,19+/m1/s1. The molecule has 4 rings (SSSR count). The highest BCUT2D eigenvalue weighted by Crippen LogP contribution is 2.44. The second kappa shape index (κ2) is 8.84. The molecule has 2 atom stereocenters. The summed E-state index contributed by atoms with van der Waals surface area (Å²) in [7, 11) is 3.19. The van der Waals surface area contributed by atoms with E-state index in [9.17, 15) is 9.59 Å². The minimum atomic E-state index is -0.224. The summed E-state index contributed by atoms with van der Waals surface area (Å²) in [5.74, 6) is 1.84. The van der Waals surface area contributed by atoms with E-state index in [1.54, 1.807) is 14.2 Å². The van der Waals surface area contributed by atoms with Crippen molar-refractivity contribution in [3.8, 4) is 17.2 Å². The van der Waals surface area contributed by atoms with Crippen LogP contribution in [0, 0.1) is 0 Å². The number of rotatable bonds is 6. The summed E-state index contributed by atoms with van der Waals surface area (Å²) in [5.41, 5.74) is 3.44. The summed E-state index contributed by atoms with van der Waals surface area (Å²) in [6, 6.07) is 13.4. The number of ether oxygens (including phenoxy) is 3. The number of Topliss-reactive ketones (excluding diaryl/α,β-unsaturated/α-hetero) is 1. The van der Waals surface area contributed by atoms with Crippen molar-refractivity contribution in [1.29, 1.82) is 0 Å². The van der Waals surface area contributed by atoms with Gasteiger partial charge in [-0.3, -0.25) is 9.59 Å². The van der Waals surface area contributed by atoms with Crippen LogP contribution in [0.3, 0.4) is 0 Å². The van der Waals surface area contributed by atoms with Crippen molar-refractivity contribution in [2.75, 3.05) is 20.8 Å². The molecule has 162 valence electrons. The van der Waals surface area contributed by atoms with Crippen LogP contribution in [-0.4, -0.2) is 32.5 Å². The molecule has 0 aromatic heterocycles.